The topological polar surface area (TPSA) is 44.8 Å². The van der Waals surface area contributed by atoms with E-state index in [4.69, 9.17) is 4.74 Å². The van der Waals surface area contributed by atoms with Crippen molar-refractivity contribution in [3.8, 4) is 0 Å². The van der Waals surface area contributed by atoms with Crippen LogP contribution in [-0.2, 0) is 9.53 Å². The zero-order valence-corrected chi connectivity index (χ0v) is 10.9. The predicted molar refractivity (Wildman–Crippen MR) is 68.4 cm³/mol. The number of hydrogen-bond acceptors (Lipinski definition) is 4. The number of nitrogens with zero attached hydrogens (tertiary/aromatic N) is 2. The van der Waals surface area contributed by atoms with E-state index in [1.54, 1.807) is 0 Å². The van der Waals surface area contributed by atoms with Crippen molar-refractivity contribution in [3.05, 3.63) is 0 Å². The van der Waals surface area contributed by atoms with Crippen molar-refractivity contribution in [2.75, 3.05) is 45.9 Å². The van der Waals surface area contributed by atoms with E-state index in [-0.39, 0.29) is 6.04 Å². The molecule has 0 aromatic heterocycles. The van der Waals surface area contributed by atoms with Crippen molar-refractivity contribution >= 4 is 5.91 Å². The maximum absolute atomic E-state index is 12.6. The maximum atomic E-state index is 12.6. The van der Waals surface area contributed by atoms with Crippen LogP contribution in [0.4, 0.5) is 0 Å². The standard InChI is InChI=1S/C13H23N3O2/c17-13(15-7-4-14-5-8-15)12-2-1-6-16(12)11-3-9-18-10-11/h11-12,14H,1-10H2. The quantitative estimate of drug-likeness (QED) is 0.732. The largest absolute Gasteiger partial charge is 0.380 e. The lowest BCUT2D eigenvalue weighted by Crippen LogP contribution is -2.54. The third kappa shape index (κ3) is 2.39. The Morgan fingerprint density at radius 1 is 1.17 bits per heavy atom. The van der Waals surface area contributed by atoms with Crippen LogP contribution in [0.2, 0.25) is 0 Å². The fraction of sp³-hybridized carbons (Fsp3) is 0.923. The van der Waals surface area contributed by atoms with Crippen LogP contribution >= 0.6 is 0 Å². The molecule has 102 valence electrons. The molecular formula is C13H23N3O2. The molecule has 3 aliphatic rings. The normalized spacial score (nSPS) is 34.1. The average molecular weight is 253 g/mol. The summed E-state index contributed by atoms with van der Waals surface area (Å²) in [6.07, 6.45) is 3.27. The number of hydrogen-bond donors (Lipinski definition) is 1. The van der Waals surface area contributed by atoms with Gasteiger partial charge < -0.3 is 15.0 Å². The lowest BCUT2D eigenvalue weighted by molar-refractivity contribution is -0.137. The molecule has 5 nitrogen and oxygen atoms in total. The summed E-state index contributed by atoms with van der Waals surface area (Å²) in [5, 5.41) is 3.30. The first-order valence-electron chi connectivity index (χ1n) is 7.19. The lowest BCUT2D eigenvalue weighted by atomic mass is 10.1. The van der Waals surface area contributed by atoms with Crippen LogP contribution in [0, 0.1) is 0 Å². The summed E-state index contributed by atoms with van der Waals surface area (Å²) in [4.78, 5) is 17.0. The van der Waals surface area contributed by atoms with Gasteiger partial charge in [0.05, 0.1) is 12.6 Å². The first-order valence-corrected chi connectivity index (χ1v) is 7.19. The highest BCUT2D eigenvalue weighted by atomic mass is 16.5. The van der Waals surface area contributed by atoms with Gasteiger partial charge in [0.2, 0.25) is 5.91 Å². The lowest BCUT2D eigenvalue weighted by Gasteiger charge is -2.34. The molecule has 0 aliphatic carbocycles. The van der Waals surface area contributed by atoms with Crippen molar-refractivity contribution in [2.45, 2.75) is 31.3 Å². The molecule has 3 heterocycles. The molecule has 0 aromatic rings. The van der Waals surface area contributed by atoms with E-state index >= 15 is 0 Å². The van der Waals surface area contributed by atoms with Crippen molar-refractivity contribution in [2.24, 2.45) is 0 Å². The van der Waals surface area contributed by atoms with E-state index < -0.39 is 0 Å². The highest BCUT2D eigenvalue weighted by Gasteiger charge is 2.38. The maximum Gasteiger partial charge on any atom is 0.240 e. The Labute approximate surface area is 108 Å². The first kappa shape index (κ1) is 12.4. The van der Waals surface area contributed by atoms with E-state index in [1.165, 1.54) is 0 Å². The van der Waals surface area contributed by atoms with Crippen LogP contribution in [0.3, 0.4) is 0 Å². The molecule has 3 aliphatic heterocycles. The van der Waals surface area contributed by atoms with Crippen LogP contribution in [0.15, 0.2) is 0 Å². The minimum Gasteiger partial charge on any atom is -0.380 e. The monoisotopic (exact) mass is 253 g/mol. The molecule has 3 fully saturated rings. The molecule has 0 bridgehead atoms. The van der Waals surface area contributed by atoms with E-state index in [1.807, 2.05) is 4.90 Å². The molecule has 5 heteroatoms. The van der Waals surface area contributed by atoms with E-state index in [9.17, 15) is 4.79 Å². The number of nitrogens with one attached hydrogen (secondary N) is 1. The second-order valence-electron chi connectivity index (χ2n) is 5.49. The van der Waals surface area contributed by atoms with Gasteiger partial charge in [-0.15, -0.1) is 0 Å². The van der Waals surface area contributed by atoms with Gasteiger partial charge in [-0.25, -0.2) is 0 Å². The Balaban J connectivity index is 1.63. The number of rotatable bonds is 2. The van der Waals surface area contributed by atoms with Gasteiger partial charge >= 0.3 is 0 Å². The average Bonchev–Trinajstić information content (AvgIpc) is 3.09. The van der Waals surface area contributed by atoms with Gasteiger partial charge in [0.1, 0.15) is 0 Å². The zero-order chi connectivity index (χ0) is 12.4. The summed E-state index contributed by atoms with van der Waals surface area (Å²) in [5.74, 6) is 0.348. The second-order valence-corrected chi connectivity index (χ2v) is 5.49. The minimum atomic E-state index is 0.120. The molecule has 0 saturated carbocycles. The third-order valence-corrected chi connectivity index (χ3v) is 4.38. The molecular weight excluding hydrogens is 230 g/mol. The van der Waals surface area contributed by atoms with Gasteiger partial charge in [0.15, 0.2) is 0 Å². The van der Waals surface area contributed by atoms with E-state index in [2.05, 4.69) is 10.2 Å². The van der Waals surface area contributed by atoms with Crippen molar-refractivity contribution in [1.82, 2.24) is 15.1 Å². The smallest absolute Gasteiger partial charge is 0.240 e. The third-order valence-electron chi connectivity index (χ3n) is 4.38. The van der Waals surface area contributed by atoms with Gasteiger partial charge in [-0.2, -0.15) is 0 Å². The van der Waals surface area contributed by atoms with Gasteiger partial charge in [-0.3, -0.25) is 9.69 Å². The van der Waals surface area contributed by atoms with Gasteiger partial charge in [-0.05, 0) is 25.8 Å². The first-order chi connectivity index (χ1) is 8.86. The summed E-state index contributed by atoms with van der Waals surface area (Å²) in [7, 11) is 0. The van der Waals surface area contributed by atoms with Crippen LogP contribution < -0.4 is 5.32 Å². The highest BCUT2D eigenvalue weighted by Crippen LogP contribution is 2.25. The van der Waals surface area contributed by atoms with Crippen LogP contribution in [-0.4, -0.2) is 73.7 Å². The molecule has 0 aromatic carbocycles. The molecule has 3 saturated heterocycles. The van der Waals surface area contributed by atoms with Crippen molar-refractivity contribution in [1.29, 1.82) is 0 Å². The number of carbonyl (C=O) groups is 1. The summed E-state index contributed by atoms with van der Waals surface area (Å²) in [5.41, 5.74) is 0. The van der Waals surface area contributed by atoms with Crippen LogP contribution in [0.5, 0.6) is 0 Å². The van der Waals surface area contributed by atoms with Gasteiger partial charge in [0, 0.05) is 38.8 Å². The Hall–Kier alpha value is -0.650. The number of piperazine rings is 1. The van der Waals surface area contributed by atoms with Crippen LogP contribution in [0.25, 0.3) is 0 Å². The van der Waals surface area contributed by atoms with Crippen molar-refractivity contribution in [3.63, 3.8) is 0 Å². The Kier molecular flexibility index (Phi) is 3.82. The SMILES string of the molecule is O=C(C1CCCN1C1CCOC1)N1CCNCC1. The second kappa shape index (κ2) is 5.55. The molecule has 0 radical (unpaired) electrons. The predicted octanol–water partition coefficient (Wildman–Crippen LogP) is -0.328. The molecule has 2 atom stereocenters. The molecule has 1 amide bonds. The molecule has 18 heavy (non-hydrogen) atoms. The number of ether oxygens (including phenoxy) is 1. The molecule has 3 rings (SSSR count). The minimum absolute atomic E-state index is 0.120. The van der Waals surface area contributed by atoms with Gasteiger partial charge in [-0.1, -0.05) is 0 Å². The summed E-state index contributed by atoms with van der Waals surface area (Å²) in [6, 6.07) is 0.596. The van der Waals surface area contributed by atoms with Crippen LogP contribution in [0.1, 0.15) is 19.3 Å². The summed E-state index contributed by atoms with van der Waals surface area (Å²) in [6.45, 7) is 6.34. The highest BCUT2D eigenvalue weighted by molar-refractivity contribution is 5.82. The fourth-order valence-corrected chi connectivity index (χ4v) is 3.37. The molecule has 2 unspecified atom stereocenters. The Bertz CT molecular complexity index is 299. The molecule has 0 spiro atoms. The fourth-order valence-electron chi connectivity index (χ4n) is 3.37. The summed E-state index contributed by atoms with van der Waals surface area (Å²) >= 11 is 0. The Morgan fingerprint density at radius 3 is 2.72 bits per heavy atom. The van der Waals surface area contributed by atoms with E-state index in [0.29, 0.717) is 11.9 Å². The van der Waals surface area contributed by atoms with E-state index in [0.717, 1.165) is 65.2 Å². The summed E-state index contributed by atoms with van der Waals surface area (Å²) < 4.78 is 5.47. The number of carbonyl (C=O) groups excluding carboxylic acids is 1. The number of likely N-dealkylation sites (tertiary alicyclic amines) is 1. The zero-order valence-electron chi connectivity index (χ0n) is 10.9. The molecule has 1 N–H and O–H groups in total. The van der Waals surface area contributed by atoms with Crippen molar-refractivity contribution < 1.29 is 9.53 Å². The number of amides is 1. The van der Waals surface area contributed by atoms with Gasteiger partial charge in [0.25, 0.3) is 0 Å². The Morgan fingerprint density at radius 2 is 2.00 bits per heavy atom.